The molecule has 3 atom stereocenters. The first-order valence-electron chi connectivity index (χ1n) is 35.9. The van der Waals surface area contributed by atoms with Crippen molar-refractivity contribution in [3.05, 3.63) is 85.1 Å². The van der Waals surface area contributed by atoms with Crippen LogP contribution in [0.3, 0.4) is 0 Å². The quantitative estimate of drug-likeness (QED) is 0.0205. The molecule has 0 aromatic rings. The third kappa shape index (κ3) is 65.5. The van der Waals surface area contributed by atoms with Crippen molar-refractivity contribution < 1.29 is 37.3 Å². The zero-order valence-electron chi connectivity index (χ0n) is 56.6. The summed E-state index contributed by atoms with van der Waals surface area (Å²) in [5.74, 6) is -0.510. The van der Waals surface area contributed by atoms with Gasteiger partial charge in [-0.05, 0) is 109 Å². The van der Waals surface area contributed by atoms with Crippen molar-refractivity contribution in [2.45, 2.75) is 341 Å². The number of allylic oxidation sites excluding steroid dienone is 13. The number of rotatable bonds is 65. The van der Waals surface area contributed by atoms with E-state index in [1.54, 1.807) is 0 Å². The van der Waals surface area contributed by atoms with E-state index in [-0.39, 0.29) is 31.5 Å². The van der Waals surface area contributed by atoms with Crippen LogP contribution >= 0.6 is 7.82 Å². The molecule has 0 fully saturated rings. The van der Waals surface area contributed by atoms with Crippen LogP contribution in [-0.4, -0.2) is 74.3 Å². The number of phosphoric acid groups is 1. The summed E-state index contributed by atoms with van der Waals surface area (Å²) in [7, 11) is 1.49. The first kappa shape index (κ1) is 82.2. The van der Waals surface area contributed by atoms with Gasteiger partial charge in [0.1, 0.15) is 19.3 Å². The number of unbranched alkanes of at least 4 members (excludes halogenated alkanes) is 37. The van der Waals surface area contributed by atoms with Gasteiger partial charge in [-0.15, -0.1) is 0 Å². The van der Waals surface area contributed by atoms with Crippen molar-refractivity contribution in [3.63, 3.8) is 0 Å². The zero-order valence-corrected chi connectivity index (χ0v) is 57.5. The summed E-state index contributed by atoms with van der Waals surface area (Å²) in [5.41, 5.74) is 0. The third-order valence-electron chi connectivity index (χ3n) is 15.8. The number of amides is 1. The lowest BCUT2D eigenvalue weighted by Crippen LogP contribution is -2.47. The second-order valence-corrected chi connectivity index (χ2v) is 26.9. The van der Waals surface area contributed by atoms with Gasteiger partial charge in [0.25, 0.3) is 0 Å². The molecule has 0 spiro atoms. The van der Waals surface area contributed by atoms with Gasteiger partial charge in [0, 0.05) is 12.8 Å². The lowest BCUT2D eigenvalue weighted by Gasteiger charge is -2.27. The molecule has 2 N–H and O–H groups in total. The lowest BCUT2D eigenvalue weighted by atomic mass is 10.0. The van der Waals surface area contributed by atoms with Gasteiger partial charge in [0.2, 0.25) is 5.91 Å². The minimum atomic E-state index is -4.46. The minimum Gasteiger partial charge on any atom is -0.456 e. The van der Waals surface area contributed by atoms with E-state index in [9.17, 15) is 19.0 Å². The van der Waals surface area contributed by atoms with Crippen molar-refractivity contribution >= 4 is 19.7 Å². The van der Waals surface area contributed by atoms with Gasteiger partial charge in [-0.1, -0.05) is 292 Å². The molecule has 10 heteroatoms. The van der Waals surface area contributed by atoms with Crippen LogP contribution in [0.15, 0.2) is 85.1 Å². The van der Waals surface area contributed by atoms with E-state index in [1.807, 2.05) is 33.3 Å². The van der Waals surface area contributed by atoms with Crippen molar-refractivity contribution in [2.75, 3.05) is 40.9 Å². The second-order valence-electron chi connectivity index (χ2n) is 25.4. The number of quaternary nitrogens is 1. The molecule has 0 heterocycles. The van der Waals surface area contributed by atoms with Crippen molar-refractivity contribution in [1.82, 2.24) is 5.32 Å². The fourth-order valence-electron chi connectivity index (χ4n) is 10.2. The summed E-state index contributed by atoms with van der Waals surface area (Å²) in [6.07, 6.45) is 85.8. The lowest BCUT2D eigenvalue weighted by molar-refractivity contribution is -0.870. The molecule has 3 unspecified atom stereocenters. The van der Waals surface area contributed by atoms with E-state index in [1.165, 1.54) is 199 Å². The summed E-state index contributed by atoms with van der Waals surface area (Å²) in [5, 5.41) is 3.07. The fraction of sp³-hybridized carbons (Fsp3) is 0.787. The normalized spacial score (nSPS) is 14.0. The van der Waals surface area contributed by atoms with Crippen molar-refractivity contribution in [3.8, 4) is 0 Å². The van der Waals surface area contributed by atoms with Gasteiger partial charge < -0.3 is 19.4 Å². The molecule has 85 heavy (non-hydrogen) atoms. The summed E-state index contributed by atoms with van der Waals surface area (Å²) in [6.45, 7) is 6.99. The molecule has 0 aliphatic heterocycles. The number of phosphoric ester groups is 1. The fourth-order valence-corrected chi connectivity index (χ4v) is 11.0. The predicted octanol–water partition coefficient (Wildman–Crippen LogP) is 22.9. The van der Waals surface area contributed by atoms with Gasteiger partial charge in [-0.25, -0.2) is 4.57 Å². The maximum atomic E-state index is 13.6. The molecule has 1 amide bonds. The topological polar surface area (TPSA) is 111 Å². The molecule has 0 aromatic carbocycles. The average molecular weight is 1210 g/mol. The number of ether oxygens (including phenoxy) is 1. The Bertz CT molecular complexity index is 1730. The molecular weight excluding hydrogens is 1070 g/mol. The first-order chi connectivity index (χ1) is 41.4. The Kier molecular flexibility index (Phi) is 62.1. The SMILES string of the molecule is CCCCC/C=C\C/C=C\C/C=C\C/C=C\CCCCCCCCCC(=O)OC(/C=C/CCCCCCCCCCCCC)C(COP(=O)(O)OCC[N+](C)(C)C)NC(=O)CCCCCCCCCCCCCCC/C=C\C/C=C\CCCCC. The van der Waals surface area contributed by atoms with Crippen molar-refractivity contribution in [1.29, 1.82) is 0 Å². The number of carbonyl (C=O) groups excluding carboxylic acids is 2. The van der Waals surface area contributed by atoms with Crippen LogP contribution in [0.25, 0.3) is 0 Å². The predicted molar refractivity (Wildman–Crippen MR) is 369 cm³/mol. The van der Waals surface area contributed by atoms with Crippen LogP contribution in [-0.2, 0) is 27.9 Å². The van der Waals surface area contributed by atoms with Gasteiger partial charge in [-0.3, -0.25) is 18.6 Å². The van der Waals surface area contributed by atoms with E-state index in [4.69, 9.17) is 13.8 Å². The number of carbonyl (C=O) groups is 2. The molecular formula is C75H138N2O7P+. The van der Waals surface area contributed by atoms with Crippen LogP contribution in [0.1, 0.15) is 329 Å². The molecule has 0 aromatic heterocycles. The zero-order chi connectivity index (χ0) is 62.1. The van der Waals surface area contributed by atoms with E-state index in [2.05, 4.69) is 99.0 Å². The molecule has 0 aliphatic carbocycles. The summed E-state index contributed by atoms with van der Waals surface area (Å²) in [4.78, 5) is 37.9. The van der Waals surface area contributed by atoms with E-state index < -0.39 is 20.0 Å². The number of nitrogens with zero attached hydrogens (tertiary/aromatic N) is 1. The molecule has 0 aliphatic rings. The highest BCUT2D eigenvalue weighted by molar-refractivity contribution is 7.47. The Morgan fingerprint density at radius 3 is 1.09 bits per heavy atom. The van der Waals surface area contributed by atoms with Crippen LogP contribution in [0.5, 0.6) is 0 Å². The number of esters is 1. The highest BCUT2D eigenvalue weighted by Gasteiger charge is 2.30. The smallest absolute Gasteiger partial charge is 0.456 e. The molecule has 0 saturated heterocycles. The number of nitrogens with one attached hydrogen (secondary N) is 1. The van der Waals surface area contributed by atoms with E-state index in [0.717, 1.165) is 96.3 Å². The van der Waals surface area contributed by atoms with Gasteiger partial charge in [0.05, 0.1) is 33.8 Å². The van der Waals surface area contributed by atoms with Gasteiger partial charge >= 0.3 is 13.8 Å². The molecule has 0 radical (unpaired) electrons. The maximum absolute atomic E-state index is 13.6. The third-order valence-corrected chi connectivity index (χ3v) is 16.8. The highest BCUT2D eigenvalue weighted by Crippen LogP contribution is 2.43. The van der Waals surface area contributed by atoms with Crippen LogP contribution in [0, 0.1) is 0 Å². The molecule has 0 saturated carbocycles. The Balaban J connectivity index is 5.14. The number of hydrogen-bond acceptors (Lipinski definition) is 6. The number of likely N-dealkylation sites (N-methyl/N-ethyl adjacent to an activating group) is 1. The molecule has 0 bridgehead atoms. The Hall–Kier alpha value is -2.81. The van der Waals surface area contributed by atoms with Crippen LogP contribution in [0.4, 0.5) is 0 Å². The molecule has 9 nitrogen and oxygen atoms in total. The van der Waals surface area contributed by atoms with Crippen LogP contribution < -0.4 is 5.32 Å². The maximum Gasteiger partial charge on any atom is 0.472 e. The summed E-state index contributed by atoms with van der Waals surface area (Å²) < 4.78 is 30.9. The molecule has 0 rings (SSSR count). The Morgan fingerprint density at radius 1 is 0.412 bits per heavy atom. The van der Waals surface area contributed by atoms with E-state index in [0.29, 0.717) is 17.4 Å². The Morgan fingerprint density at radius 2 is 0.718 bits per heavy atom. The van der Waals surface area contributed by atoms with Gasteiger partial charge in [0.15, 0.2) is 0 Å². The first-order valence-corrected chi connectivity index (χ1v) is 37.4. The van der Waals surface area contributed by atoms with Crippen molar-refractivity contribution in [2.24, 2.45) is 0 Å². The number of hydrogen-bond donors (Lipinski definition) is 2. The van der Waals surface area contributed by atoms with Gasteiger partial charge in [-0.2, -0.15) is 0 Å². The van der Waals surface area contributed by atoms with E-state index >= 15 is 0 Å². The summed E-state index contributed by atoms with van der Waals surface area (Å²) in [6, 6.07) is -0.858. The summed E-state index contributed by atoms with van der Waals surface area (Å²) >= 11 is 0. The molecule has 494 valence electrons. The second kappa shape index (κ2) is 64.2. The largest absolute Gasteiger partial charge is 0.472 e. The average Bonchev–Trinajstić information content (AvgIpc) is 3.52. The monoisotopic (exact) mass is 1210 g/mol. The highest BCUT2D eigenvalue weighted by atomic mass is 31.2. The Labute approximate surface area is 526 Å². The standard InChI is InChI=1S/C75H137N2O7P/c1-7-10-13-16-19-22-25-28-30-32-34-36-38-40-42-44-46-49-52-55-58-61-64-67-74(78)76-72(71-83-85(80,81)82-70-69-77(4,5)6)73(66-63-60-57-54-51-48-27-24-21-18-15-12-9-3)84-75(79)68-65-62-59-56-53-50-47-45-43-41-39-37-35-33-31-29-26-23-20-17-14-11-8-2/h19-20,22-23,28-31,35,37,41,43,63,66,72-73H,7-18,21,24-27,32-34,36,38-40,42,44-62,64-65,67-71H2,1-6H3,(H-,76,78,80,81)/p+1/b22-19-,23-20-,30-28-,31-29-,37-35-,43-41-,66-63+. The minimum absolute atomic E-state index is 0.0359. The van der Waals surface area contributed by atoms with Crippen LogP contribution in [0.2, 0.25) is 0 Å².